The van der Waals surface area contributed by atoms with Crippen molar-refractivity contribution in [2.24, 2.45) is 0 Å². The van der Waals surface area contributed by atoms with Crippen molar-refractivity contribution >= 4 is 18.1 Å². The van der Waals surface area contributed by atoms with Gasteiger partial charge in [0.05, 0.1) is 13.2 Å². The first-order chi connectivity index (χ1) is 14.7. The number of carbonyl (C=O) groups is 1. The topological polar surface area (TPSA) is 94.1 Å². The van der Waals surface area contributed by atoms with Crippen LogP contribution < -0.4 is 14.8 Å². The molecular formula is C21H23N5O3S. The lowest BCUT2D eigenvalue weighted by molar-refractivity contribution is 0.0949. The average molecular weight is 426 g/mol. The summed E-state index contributed by atoms with van der Waals surface area (Å²) in [4.78, 5) is 16.7. The molecule has 2 heterocycles. The van der Waals surface area contributed by atoms with Crippen LogP contribution in [0.25, 0.3) is 0 Å². The smallest absolute Gasteiger partial charge is 0.251 e. The Morgan fingerprint density at radius 2 is 2.03 bits per heavy atom. The molecule has 0 radical (unpaired) electrons. The van der Waals surface area contributed by atoms with Crippen LogP contribution in [0.5, 0.6) is 11.5 Å². The summed E-state index contributed by atoms with van der Waals surface area (Å²) in [6.45, 7) is 3.04. The molecule has 0 aliphatic heterocycles. The molecule has 0 atom stereocenters. The van der Waals surface area contributed by atoms with Gasteiger partial charge in [0.1, 0.15) is 6.61 Å². The van der Waals surface area contributed by atoms with Crippen molar-refractivity contribution in [3.05, 3.63) is 64.4 Å². The Balaban J connectivity index is 1.43. The first-order valence-corrected chi connectivity index (χ1v) is 10.3. The number of hydrogen-bond acceptors (Lipinski definition) is 6. The van der Waals surface area contributed by atoms with Crippen LogP contribution in [-0.4, -0.2) is 32.3 Å². The highest BCUT2D eigenvalue weighted by Crippen LogP contribution is 2.35. The third-order valence-electron chi connectivity index (χ3n) is 4.75. The molecule has 0 spiro atoms. The molecule has 1 saturated carbocycles. The molecule has 1 amide bonds. The van der Waals surface area contributed by atoms with Gasteiger partial charge in [-0.25, -0.2) is 0 Å². The van der Waals surface area contributed by atoms with Crippen molar-refractivity contribution in [1.29, 1.82) is 0 Å². The van der Waals surface area contributed by atoms with E-state index in [1.54, 1.807) is 30.6 Å². The van der Waals surface area contributed by atoms with Gasteiger partial charge in [0, 0.05) is 24.0 Å². The fraction of sp³-hybridized carbons (Fsp3) is 0.333. The number of amides is 1. The van der Waals surface area contributed by atoms with E-state index in [1.807, 2.05) is 23.6 Å². The maximum absolute atomic E-state index is 12.7. The lowest BCUT2D eigenvalue weighted by atomic mass is 10.2. The van der Waals surface area contributed by atoms with Gasteiger partial charge < -0.3 is 14.8 Å². The minimum Gasteiger partial charge on any atom is -0.490 e. The van der Waals surface area contributed by atoms with Crippen molar-refractivity contribution in [3.63, 3.8) is 0 Å². The van der Waals surface area contributed by atoms with E-state index < -0.39 is 0 Å². The fourth-order valence-electron chi connectivity index (χ4n) is 3.11. The van der Waals surface area contributed by atoms with Crippen LogP contribution in [0, 0.1) is 4.77 Å². The summed E-state index contributed by atoms with van der Waals surface area (Å²) < 4.78 is 14.1. The van der Waals surface area contributed by atoms with Gasteiger partial charge in [-0.2, -0.15) is 5.10 Å². The first kappa shape index (κ1) is 20.1. The van der Waals surface area contributed by atoms with Crippen LogP contribution in [0.15, 0.2) is 42.7 Å². The summed E-state index contributed by atoms with van der Waals surface area (Å²) in [5.41, 5.74) is 1.49. The Labute approximate surface area is 179 Å². The molecule has 1 fully saturated rings. The molecule has 0 bridgehead atoms. The minimum absolute atomic E-state index is 0.215. The second kappa shape index (κ2) is 9.08. The van der Waals surface area contributed by atoms with Crippen molar-refractivity contribution in [2.75, 3.05) is 6.61 Å². The molecular weight excluding hydrogens is 402 g/mol. The lowest BCUT2D eigenvalue weighted by Crippen LogP contribution is -2.24. The van der Waals surface area contributed by atoms with Gasteiger partial charge in [-0.1, -0.05) is 0 Å². The normalized spacial score (nSPS) is 13.1. The number of ether oxygens (including phenoxy) is 2. The van der Waals surface area contributed by atoms with Crippen molar-refractivity contribution in [2.45, 2.75) is 39.0 Å². The van der Waals surface area contributed by atoms with Crippen LogP contribution in [0.3, 0.4) is 0 Å². The molecule has 156 valence electrons. The summed E-state index contributed by atoms with van der Waals surface area (Å²) in [6, 6.07) is 9.33. The quantitative estimate of drug-likeness (QED) is 0.509. The summed E-state index contributed by atoms with van der Waals surface area (Å²) in [5.74, 6) is 1.63. The largest absolute Gasteiger partial charge is 0.490 e. The Morgan fingerprint density at radius 1 is 1.23 bits per heavy atom. The molecule has 0 saturated heterocycles. The third-order valence-corrected chi connectivity index (χ3v) is 5.03. The number of nitrogens with one attached hydrogen (secondary N) is 2. The van der Waals surface area contributed by atoms with Gasteiger partial charge in [-0.15, -0.1) is 0 Å². The van der Waals surface area contributed by atoms with E-state index in [0.717, 1.165) is 24.2 Å². The number of hydrogen-bond donors (Lipinski definition) is 2. The molecule has 9 heteroatoms. The Hall–Kier alpha value is -3.20. The summed E-state index contributed by atoms with van der Waals surface area (Å²) in [6.07, 6.45) is 5.62. The number of aromatic nitrogens is 4. The Kier molecular flexibility index (Phi) is 6.08. The highest BCUT2D eigenvalue weighted by atomic mass is 32.1. The SMILES string of the molecule is CCOc1cc(C(=O)NCc2n[nH]c(=S)n2C2CC2)ccc1OCc1ccncc1. The van der Waals surface area contributed by atoms with Crippen molar-refractivity contribution < 1.29 is 14.3 Å². The highest BCUT2D eigenvalue weighted by molar-refractivity contribution is 7.71. The number of benzene rings is 1. The van der Waals surface area contributed by atoms with Crippen LogP contribution in [0.4, 0.5) is 0 Å². The predicted molar refractivity (Wildman–Crippen MR) is 113 cm³/mol. The average Bonchev–Trinajstić information content (AvgIpc) is 3.54. The van der Waals surface area contributed by atoms with Gasteiger partial charge in [0.25, 0.3) is 5.91 Å². The number of pyridine rings is 1. The van der Waals surface area contributed by atoms with Gasteiger partial charge in [-0.3, -0.25) is 19.4 Å². The highest BCUT2D eigenvalue weighted by Gasteiger charge is 2.27. The van der Waals surface area contributed by atoms with Crippen LogP contribution in [-0.2, 0) is 13.2 Å². The molecule has 0 unspecified atom stereocenters. The molecule has 4 rings (SSSR count). The Morgan fingerprint density at radius 3 is 2.77 bits per heavy atom. The molecule has 1 aliphatic rings. The van der Waals surface area contributed by atoms with Gasteiger partial charge in [0.15, 0.2) is 22.1 Å². The fourth-order valence-corrected chi connectivity index (χ4v) is 3.41. The molecule has 1 aliphatic carbocycles. The first-order valence-electron chi connectivity index (χ1n) is 9.88. The number of rotatable bonds is 9. The van der Waals surface area contributed by atoms with Crippen molar-refractivity contribution in [3.8, 4) is 11.5 Å². The number of carbonyl (C=O) groups excluding carboxylic acids is 1. The van der Waals surface area contributed by atoms with Gasteiger partial charge >= 0.3 is 0 Å². The van der Waals surface area contributed by atoms with Crippen LogP contribution in [0.2, 0.25) is 0 Å². The monoisotopic (exact) mass is 425 g/mol. The summed E-state index contributed by atoms with van der Waals surface area (Å²) in [7, 11) is 0. The maximum atomic E-state index is 12.7. The second-order valence-electron chi connectivity index (χ2n) is 6.97. The zero-order valence-corrected chi connectivity index (χ0v) is 17.4. The molecule has 2 aromatic heterocycles. The molecule has 2 N–H and O–H groups in total. The third kappa shape index (κ3) is 4.68. The summed E-state index contributed by atoms with van der Waals surface area (Å²) >= 11 is 5.28. The second-order valence-corrected chi connectivity index (χ2v) is 7.35. The van der Waals surface area contributed by atoms with E-state index in [9.17, 15) is 4.79 Å². The van der Waals surface area contributed by atoms with Gasteiger partial charge in [0.2, 0.25) is 0 Å². The van der Waals surface area contributed by atoms with Crippen LogP contribution >= 0.6 is 12.2 Å². The molecule has 1 aromatic carbocycles. The number of nitrogens with zero attached hydrogens (tertiary/aromatic N) is 3. The standard InChI is InChI=1S/C21H23N5O3S/c1-2-28-18-11-15(3-6-17(18)29-13-14-7-9-22-10-8-14)20(27)23-12-19-24-25-21(30)26(19)16-4-5-16/h3,6-11,16H,2,4-5,12-13H2,1H3,(H,23,27)(H,25,30). The van der Waals surface area contributed by atoms with E-state index in [1.165, 1.54) is 0 Å². The van der Waals surface area contributed by atoms with Crippen molar-refractivity contribution in [1.82, 2.24) is 25.1 Å². The molecule has 3 aromatic rings. The summed E-state index contributed by atoms with van der Waals surface area (Å²) in [5, 5.41) is 9.95. The lowest BCUT2D eigenvalue weighted by Gasteiger charge is -2.13. The number of aromatic amines is 1. The minimum atomic E-state index is -0.215. The van der Waals surface area contributed by atoms with E-state index in [-0.39, 0.29) is 5.91 Å². The Bertz CT molecular complexity index is 1080. The zero-order chi connectivity index (χ0) is 20.9. The maximum Gasteiger partial charge on any atom is 0.251 e. The van der Waals surface area contributed by atoms with E-state index >= 15 is 0 Å². The van der Waals surface area contributed by atoms with Crippen LogP contribution in [0.1, 0.15) is 47.6 Å². The predicted octanol–water partition coefficient (Wildman–Crippen LogP) is 3.58. The zero-order valence-electron chi connectivity index (χ0n) is 16.6. The van der Waals surface area contributed by atoms with E-state index in [0.29, 0.717) is 47.6 Å². The number of H-pyrrole nitrogens is 1. The van der Waals surface area contributed by atoms with E-state index in [2.05, 4.69) is 20.5 Å². The van der Waals surface area contributed by atoms with E-state index in [4.69, 9.17) is 21.7 Å². The molecule has 30 heavy (non-hydrogen) atoms. The molecule has 8 nitrogen and oxygen atoms in total. The van der Waals surface area contributed by atoms with Gasteiger partial charge in [-0.05, 0) is 67.9 Å².